The lowest BCUT2D eigenvalue weighted by Crippen LogP contribution is -2.19. The monoisotopic (exact) mass is 402 g/mol. The van der Waals surface area contributed by atoms with Crippen LogP contribution in [-0.2, 0) is 11.3 Å². The Morgan fingerprint density at radius 2 is 2.08 bits per heavy atom. The molecule has 0 saturated carbocycles. The van der Waals surface area contributed by atoms with Crippen molar-refractivity contribution in [1.29, 1.82) is 0 Å². The van der Waals surface area contributed by atoms with Crippen LogP contribution < -0.4 is 10.9 Å². The first-order valence-electron chi connectivity index (χ1n) is 7.63. The van der Waals surface area contributed by atoms with E-state index in [2.05, 4.69) is 41.6 Å². The van der Waals surface area contributed by atoms with Crippen LogP contribution in [0.5, 0.6) is 0 Å². The Kier molecular flexibility index (Phi) is 5.34. The lowest BCUT2D eigenvalue weighted by atomic mass is 10.2. The van der Waals surface area contributed by atoms with Gasteiger partial charge < -0.3 is 10.3 Å². The molecule has 0 aliphatic heterocycles. The number of rotatable bonds is 6. The SMILES string of the molecule is O=C(CCCn1nnc(-c2ccccc2)n1)Nc1cc(Br)c[nH]c1=O. The molecule has 128 valence electrons. The van der Waals surface area contributed by atoms with Gasteiger partial charge in [-0.05, 0) is 33.6 Å². The van der Waals surface area contributed by atoms with Crippen LogP contribution in [0.1, 0.15) is 12.8 Å². The fourth-order valence-corrected chi connectivity index (χ4v) is 2.53. The molecule has 0 atom stereocenters. The van der Waals surface area contributed by atoms with E-state index in [0.717, 1.165) is 5.56 Å². The highest BCUT2D eigenvalue weighted by Gasteiger charge is 2.08. The molecule has 3 rings (SSSR count). The Labute approximate surface area is 151 Å². The minimum Gasteiger partial charge on any atom is -0.326 e. The molecule has 2 heterocycles. The molecule has 2 aromatic heterocycles. The number of hydrogen-bond acceptors (Lipinski definition) is 5. The van der Waals surface area contributed by atoms with Crippen LogP contribution in [0, 0.1) is 0 Å². The van der Waals surface area contributed by atoms with Gasteiger partial charge in [0, 0.05) is 22.7 Å². The Morgan fingerprint density at radius 1 is 1.28 bits per heavy atom. The van der Waals surface area contributed by atoms with Gasteiger partial charge in [0.15, 0.2) is 0 Å². The van der Waals surface area contributed by atoms with E-state index >= 15 is 0 Å². The average Bonchev–Trinajstić information content (AvgIpc) is 3.08. The molecule has 9 heteroatoms. The first-order chi connectivity index (χ1) is 12.1. The smallest absolute Gasteiger partial charge is 0.271 e. The fourth-order valence-electron chi connectivity index (χ4n) is 2.18. The molecule has 8 nitrogen and oxygen atoms in total. The molecule has 3 aromatic rings. The summed E-state index contributed by atoms with van der Waals surface area (Å²) in [4.78, 5) is 27.5. The molecule has 0 aliphatic carbocycles. The predicted octanol–water partition coefficient (Wildman–Crippen LogP) is 2.21. The third-order valence-corrected chi connectivity index (χ3v) is 3.85. The largest absolute Gasteiger partial charge is 0.326 e. The number of anilines is 1. The first-order valence-corrected chi connectivity index (χ1v) is 8.42. The van der Waals surface area contributed by atoms with Crippen molar-refractivity contribution in [2.45, 2.75) is 19.4 Å². The summed E-state index contributed by atoms with van der Waals surface area (Å²) in [5.74, 6) is 0.303. The van der Waals surface area contributed by atoms with Gasteiger partial charge in [-0.1, -0.05) is 30.3 Å². The number of aryl methyl sites for hydroxylation is 1. The van der Waals surface area contributed by atoms with Crippen molar-refractivity contribution in [3.63, 3.8) is 0 Å². The van der Waals surface area contributed by atoms with E-state index in [0.29, 0.717) is 23.3 Å². The van der Waals surface area contributed by atoms with Crippen molar-refractivity contribution in [2.75, 3.05) is 5.32 Å². The second-order valence-electron chi connectivity index (χ2n) is 5.29. The van der Waals surface area contributed by atoms with E-state index in [4.69, 9.17) is 0 Å². The average molecular weight is 403 g/mol. The summed E-state index contributed by atoms with van der Waals surface area (Å²) in [5, 5.41) is 14.9. The Bertz CT molecular complexity index is 922. The molecule has 1 aromatic carbocycles. The maximum Gasteiger partial charge on any atom is 0.271 e. The number of hydrogen-bond donors (Lipinski definition) is 2. The number of aromatic nitrogens is 5. The molecule has 0 aliphatic rings. The van der Waals surface area contributed by atoms with Gasteiger partial charge in [0.25, 0.3) is 5.56 Å². The van der Waals surface area contributed by atoms with Crippen LogP contribution in [0.3, 0.4) is 0 Å². The molecule has 0 unspecified atom stereocenters. The highest BCUT2D eigenvalue weighted by atomic mass is 79.9. The summed E-state index contributed by atoms with van der Waals surface area (Å²) in [7, 11) is 0. The van der Waals surface area contributed by atoms with Gasteiger partial charge in [-0.2, -0.15) is 4.80 Å². The Balaban J connectivity index is 1.51. The van der Waals surface area contributed by atoms with Crippen molar-refractivity contribution in [1.82, 2.24) is 25.2 Å². The van der Waals surface area contributed by atoms with E-state index in [1.807, 2.05) is 30.3 Å². The number of nitrogens with zero attached hydrogens (tertiary/aromatic N) is 4. The van der Waals surface area contributed by atoms with Gasteiger partial charge in [-0.3, -0.25) is 9.59 Å². The van der Waals surface area contributed by atoms with Crippen LogP contribution in [0.2, 0.25) is 0 Å². The summed E-state index contributed by atoms with van der Waals surface area (Å²) < 4.78 is 0.683. The molecule has 0 bridgehead atoms. The van der Waals surface area contributed by atoms with Gasteiger partial charge in [-0.15, -0.1) is 10.2 Å². The number of nitrogens with one attached hydrogen (secondary N) is 2. The van der Waals surface area contributed by atoms with Crippen LogP contribution in [0.15, 0.2) is 51.9 Å². The Morgan fingerprint density at radius 3 is 2.88 bits per heavy atom. The number of halogens is 1. The summed E-state index contributed by atoms with van der Waals surface area (Å²) in [6, 6.07) is 11.1. The number of tetrazole rings is 1. The minimum absolute atomic E-state index is 0.213. The number of amides is 1. The zero-order valence-electron chi connectivity index (χ0n) is 13.1. The van der Waals surface area contributed by atoms with Gasteiger partial charge in [0.05, 0.1) is 6.54 Å². The fraction of sp³-hybridized carbons (Fsp3) is 0.188. The lowest BCUT2D eigenvalue weighted by molar-refractivity contribution is -0.116. The molecule has 25 heavy (non-hydrogen) atoms. The van der Waals surface area contributed by atoms with Crippen LogP contribution >= 0.6 is 15.9 Å². The Hall–Kier alpha value is -2.81. The standard InChI is InChI=1S/C16H15BrN6O2/c17-12-9-13(16(25)18-10-12)19-14(24)7-4-8-23-21-15(20-22-23)11-5-2-1-3-6-11/h1-3,5-6,9-10H,4,7-8H2,(H,18,25)(H,19,24). The van der Waals surface area contributed by atoms with Crippen molar-refractivity contribution in [2.24, 2.45) is 0 Å². The van der Waals surface area contributed by atoms with Crippen molar-refractivity contribution < 1.29 is 4.79 Å². The van der Waals surface area contributed by atoms with E-state index in [9.17, 15) is 9.59 Å². The third kappa shape index (κ3) is 4.60. The highest BCUT2D eigenvalue weighted by Crippen LogP contribution is 2.12. The normalized spacial score (nSPS) is 10.6. The molecular formula is C16H15BrN6O2. The molecule has 0 fully saturated rings. The van der Waals surface area contributed by atoms with Crippen LogP contribution in [-0.4, -0.2) is 31.1 Å². The maximum atomic E-state index is 11.9. The van der Waals surface area contributed by atoms with Crippen molar-refractivity contribution in [3.8, 4) is 11.4 Å². The quantitative estimate of drug-likeness (QED) is 0.657. The van der Waals surface area contributed by atoms with Gasteiger partial charge in [0.1, 0.15) is 5.69 Å². The number of carbonyl (C=O) groups is 1. The number of aromatic amines is 1. The zero-order chi connectivity index (χ0) is 17.6. The summed E-state index contributed by atoms with van der Waals surface area (Å²) in [6.45, 7) is 0.460. The lowest BCUT2D eigenvalue weighted by Gasteiger charge is -2.04. The minimum atomic E-state index is -0.345. The van der Waals surface area contributed by atoms with Crippen LogP contribution in [0.4, 0.5) is 5.69 Å². The number of benzene rings is 1. The second kappa shape index (κ2) is 7.84. The summed E-state index contributed by atoms with van der Waals surface area (Å²) in [6.07, 6.45) is 2.29. The second-order valence-corrected chi connectivity index (χ2v) is 6.20. The van der Waals surface area contributed by atoms with E-state index < -0.39 is 0 Å². The number of carbonyl (C=O) groups excluding carboxylic acids is 1. The summed E-state index contributed by atoms with van der Waals surface area (Å²) in [5.41, 5.74) is 0.756. The van der Waals surface area contributed by atoms with Gasteiger partial charge >= 0.3 is 0 Å². The number of pyridine rings is 1. The van der Waals surface area contributed by atoms with E-state index in [1.54, 1.807) is 6.07 Å². The molecule has 2 N–H and O–H groups in total. The molecule has 0 spiro atoms. The van der Waals surface area contributed by atoms with Gasteiger partial charge in [-0.25, -0.2) is 0 Å². The third-order valence-electron chi connectivity index (χ3n) is 3.39. The summed E-state index contributed by atoms with van der Waals surface area (Å²) >= 11 is 3.24. The maximum absolute atomic E-state index is 11.9. The predicted molar refractivity (Wildman–Crippen MR) is 95.9 cm³/mol. The first kappa shape index (κ1) is 17.0. The van der Waals surface area contributed by atoms with E-state index in [-0.39, 0.29) is 23.6 Å². The molecular weight excluding hydrogens is 388 g/mol. The molecule has 0 saturated heterocycles. The zero-order valence-corrected chi connectivity index (χ0v) is 14.7. The molecule has 0 radical (unpaired) electrons. The van der Waals surface area contributed by atoms with E-state index in [1.165, 1.54) is 11.0 Å². The van der Waals surface area contributed by atoms with Crippen molar-refractivity contribution >= 4 is 27.5 Å². The topological polar surface area (TPSA) is 106 Å². The number of H-pyrrole nitrogens is 1. The molecule has 1 amide bonds. The van der Waals surface area contributed by atoms with Gasteiger partial charge in [0.2, 0.25) is 11.7 Å². The highest BCUT2D eigenvalue weighted by molar-refractivity contribution is 9.10. The van der Waals surface area contributed by atoms with Crippen LogP contribution in [0.25, 0.3) is 11.4 Å². The van der Waals surface area contributed by atoms with Crippen molar-refractivity contribution in [3.05, 3.63) is 57.4 Å².